The average Bonchev–Trinajstić information content (AvgIpc) is 2.65. The van der Waals surface area contributed by atoms with Crippen LogP contribution in [0.2, 0.25) is 0 Å². The number of imidazole rings is 1. The first-order valence-corrected chi connectivity index (χ1v) is 8.02. The van der Waals surface area contributed by atoms with Gasteiger partial charge in [-0.2, -0.15) is 0 Å². The van der Waals surface area contributed by atoms with Gasteiger partial charge in [0, 0.05) is 17.2 Å². The fraction of sp³-hybridized carbons (Fsp3) is 0.571. The number of rotatable bonds is 2. The Balaban J connectivity index is 2.00. The van der Waals surface area contributed by atoms with Crippen molar-refractivity contribution in [3.63, 3.8) is 0 Å². The lowest BCUT2D eigenvalue weighted by atomic mass is 9.75. The van der Waals surface area contributed by atoms with Crippen LogP contribution in [0, 0.1) is 10.2 Å². The Kier molecular flexibility index (Phi) is 3.52. The highest BCUT2D eigenvalue weighted by Gasteiger charge is 2.28. The van der Waals surface area contributed by atoms with Crippen molar-refractivity contribution in [2.75, 3.05) is 0 Å². The zero-order valence-corrected chi connectivity index (χ0v) is 13.5. The predicted octanol–water partition coefficient (Wildman–Crippen LogP) is 4.83. The quantitative estimate of drug-likeness (QED) is 0.795. The van der Waals surface area contributed by atoms with Crippen LogP contribution in [-0.2, 0) is 6.54 Å². The van der Waals surface area contributed by atoms with Crippen LogP contribution in [0.25, 0.3) is 11.2 Å². The zero-order valence-electron chi connectivity index (χ0n) is 11.1. The predicted molar refractivity (Wildman–Crippen MR) is 83.8 cm³/mol. The number of aromatic amines is 1. The Bertz CT molecular complexity index is 652. The number of fused-ring (bicyclic) bond motifs is 1. The van der Waals surface area contributed by atoms with E-state index in [9.17, 15) is 0 Å². The molecule has 1 N–H and O–H groups in total. The van der Waals surface area contributed by atoms with Crippen LogP contribution >= 0.6 is 28.1 Å². The van der Waals surface area contributed by atoms with Gasteiger partial charge < -0.3 is 9.55 Å². The standard InChI is InChI=1S/C14H18BrN3S/c1-14(5-3-2-4-6-14)9-18-12-11(17-13(18)19)7-10(15)8-16-12/h7-8H,2-6,9H2,1H3,(H,17,19). The Hall–Kier alpha value is -0.680. The highest BCUT2D eigenvalue weighted by atomic mass is 79.9. The van der Waals surface area contributed by atoms with Crippen LogP contribution in [0.5, 0.6) is 0 Å². The third-order valence-corrected chi connectivity index (χ3v) is 4.93. The summed E-state index contributed by atoms with van der Waals surface area (Å²) >= 11 is 8.92. The van der Waals surface area contributed by atoms with Gasteiger partial charge in [0.2, 0.25) is 0 Å². The van der Waals surface area contributed by atoms with Crippen molar-refractivity contribution in [2.24, 2.45) is 5.41 Å². The fourth-order valence-corrected chi connectivity index (χ4v) is 3.70. The van der Waals surface area contributed by atoms with Crippen LogP contribution < -0.4 is 0 Å². The van der Waals surface area contributed by atoms with E-state index in [0.717, 1.165) is 27.0 Å². The molecule has 0 saturated heterocycles. The summed E-state index contributed by atoms with van der Waals surface area (Å²) in [5, 5.41) is 0. The van der Waals surface area contributed by atoms with Crippen molar-refractivity contribution >= 4 is 39.3 Å². The number of H-pyrrole nitrogens is 1. The molecule has 0 aliphatic heterocycles. The molecular formula is C14H18BrN3S. The number of aromatic nitrogens is 3. The maximum absolute atomic E-state index is 5.47. The third-order valence-electron chi connectivity index (χ3n) is 4.18. The lowest BCUT2D eigenvalue weighted by Crippen LogP contribution is -2.26. The molecule has 0 bridgehead atoms. The molecule has 1 fully saturated rings. The molecule has 19 heavy (non-hydrogen) atoms. The van der Waals surface area contributed by atoms with E-state index in [2.05, 4.69) is 37.4 Å². The molecular weight excluding hydrogens is 322 g/mol. The number of hydrogen-bond acceptors (Lipinski definition) is 2. The van der Waals surface area contributed by atoms with Gasteiger partial charge in [0.25, 0.3) is 0 Å². The molecule has 0 radical (unpaired) electrons. The minimum absolute atomic E-state index is 0.361. The number of hydrogen-bond donors (Lipinski definition) is 1. The summed E-state index contributed by atoms with van der Waals surface area (Å²) in [7, 11) is 0. The van der Waals surface area contributed by atoms with Gasteiger partial charge in [-0.05, 0) is 52.5 Å². The summed E-state index contributed by atoms with van der Waals surface area (Å²) in [6.07, 6.45) is 8.47. The van der Waals surface area contributed by atoms with Crippen LogP contribution in [0.1, 0.15) is 39.0 Å². The minimum atomic E-state index is 0.361. The maximum Gasteiger partial charge on any atom is 0.179 e. The molecule has 0 spiro atoms. The van der Waals surface area contributed by atoms with E-state index >= 15 is 0 Å². The van der Waals surface area contributed by atoms with E-state index in [1.807, 2.05) is 12.3 Å². The molecule has 0 aromatic carbocycles. The van der Waals surface area contributed by atoms with Crippen LogP contribution in [0.3, 0.4) is 0 Å². The fourth-order valence-electron chi connectivity index (χ4n) is 3.11. The van der Waals surface area contributed by atoms with E-state index in [1.165, 1.54) is 32.1 Å². The third kappa shape index (κ3) is 2.63. The average molecular weight is 340 g/mol. The maximum atomic E-state index is 5.47. The summed E-state index contributed by atoms with van der Waals surface area (Å²) in [5.41, 5.74) is 2.35. The van der Waals surface area contributed by atoms with Crippen molar-refractivity contribution < 1.29 is 0 Å². The number of halogens is 1. The van der Waals surface area contributed by atoms with Gasteiger partial charge in [-0.3, -0.25) is 0 Å². The Morgan fingerprint density at radius 2 is 2.16 bits per heavy atom. The molecule has 1 aliphatic carbocycles. The van der Waals surface area contributed by atoms with E-state index in [0.29, 0.717) is 5.41 Å². The summed E-state index contributed by atoms with van der Waals surface area (Å²) in [6, 6.07) is 2.04. The summed E-state index contributed by atoms with van der Waals surface area (Å²) in [5.74, 6) is 0. The second kappa shape index (κ2) is 5.02. The van der Waals surface area contributed by atoms with E-state index in [4.69, 9.17) is 12.2 Å². The van der Waals surface area contributed by atoms with Crippen LogP contribution in [0.15, 0.2) is 16.7 Å². The lowest BCUT2D eigenvalue weighted by molar-refractivity contribution is 0.184. The highest BCUT2D eigenvalue weighted by Crippen LogP contribution is 2.37. The molecule has 3 nitrogen and oxygen atoms in total. The first kappa shape index (κ1) is 13.3. The highest BCUT2D eigenvalue weighted by molar-refractivity contribution is 9.10. The molecule has 0 unspecified atom stereocenters. The Morgan fingerprint density at radius 1 is 1.42 bits per heavy atom. The largest absolute Gasteiger partial charge is 0.329 e. The molecule has 5 heteroatoms. The van der Waals surface area contributed by atoms with Gasteiger partial charge in [-0.15, -0.1) is 0 Å². The van der Waals surface area contributed by atoms with Crippen molar-refractivity contribution in [1.29, 1.82) is 0 Å². The first-order valence-electron chi connectivity index (χ1n) is 6.82. The Morgan fingerprint density at radius 3 is 2.89 bits per heavy atom. The van der Waals surface area contributed by atoms with Crippen molar-refractivity contribution in [3.05, 3.63) is 21.5 Å². The Labute approximate surface area is 126 Å². The molecule has 3 rings (SSSR count). The van der Waals surface area contributed by atoms with Crippen molar-refractivity contribution in [3.8, 4) is 0 Å². The molecule has 1 aliphatic rings. The SMILES string of the molecule is CC1(Cn2c(=S)[nH]c3cc(Br)cnc32)CCCCC1. The number of nitrogens with zero attached hydrogens (tertiary/aromatic N) is 2. The summed E-state index contributed by atoms with van der Waals surface area (Å²) < 4.78 is 3.93. The summed E-state index contributed by atoms with van der Waals surface area (Å²) in [4.78, 5) is 7.78. The topological polar surface area (TPSA) is 33.6 Å². The van der Waals surface area contributed by atoms with Gasteiger partial charge in [0.05, 0.1) is 5.52 Å². The number of pyridine rings is 1. The second-order valence-corrected chi connectivity index (χ2v) is 7.21. The second-order valence-electron chi connectivity index (χ2n) is 5.91. The molecule has 2 heterocycles. The first-order chi connectivity index (χ1) is 9.07. The van der Waals surface area contributed by atoms with Crippen molar-refractivity contribution in [1.82, 2.24) is 14.5 Å². The summed E-state index contributed by atoms with van der Waals surface area (Å²) in [6.45, 7) is 3.35. The molecule has 2 aromatic rings. The zero-order chi connectivity index (χ0) is 13.5. The van der Waals surface area contributed by atoms with Gasteiger partial charge in [-0.25, -0.2) is 4.98 Å². The molecule has 102 valence electrons. The smallest absolute Gasteiger partial charge is 0.179 e. The minimum Gasteiger partial charge on any atom is -0.329 e. The van der Waals surface area contributed by atoms with E-state index < -0.39 is 0 Å². The molecule has 1 saturated carbocycles. The molecule has 0 atom stereocenters. The molecule has 0 amide bonds. The molecule has 2 aromatic heterocycles. The normalized spacial score (nSPS) is 18.8. The van der Waals surface area contributed by atoms with Crippen LogP contribution in [0.4, 0.5) is 0 Å². The monoisotopic (exact) mass is 339 g/mol. The van der Waals surface area contributed by atoms with Gasteiger partial charge in [0.15, 0.2) is 10.4 Å². The van der Waals surface area contributed by atoms with E-state index in [1.54, 1.807) is 0 Å². The lowest BCUT2D eigenvalue weighted by Gasteiger charge is -2.33. The van der Waals surface area contributed by atoms with Gasteiger partial charge >= 0.3 is 0 Å². The van der Waals surface area contributed by atoms with Gasteiger partial charge in [-0.1, -0.05) is 26.2 Å². The van der Waals surface area contributed by atoms with Gasteiger partial charge in [0.1, 0.15) is 0 Å². The number of nitrogens with one attached hydrogen (secondary N) is 1. The van der Waals surface area contributed by atoms with Crippen molar-refractivity contribution in [2.45, 2.75) is 45.6 Å². The van der Waals surface area contributed by atoms with Crippen LogP contribution in [-0.4, -0.2) is 14.5 Å². The van der Waals surface area contributed by atoms with E-state index in [-0.39, 0.29) is 0 Å².